The fraction of sp³-hybridized carbons (Fsp3) is 0. The molecule has 3 nitrogen and oxygen atoms in total. The van der Waals surface area contributed by atoms with Crippen LogP contribution in [0.5, 0.6) is 0 Å². The second-order valence-corrected chi connectivity index (χ2v) is 2.65. The minimum atomic E-state index is 0.597. The van der Waals surface area contributed by atoms with Gasteiger partial charge in [0.25, 0.3) is 0 Å². The Kier molecular flexibility index (Phi) is 2.51. The average Bonchev–Trinajstić information content (AvgIpc) is 2.45. The quantitative estimate of drug-likeness (QED) is 0.800. The van der Waals surface area contributed by atoms with Crippen molar-refractivity contribution in [3.63, 3.8) is 0 Å². The van der Waals surface area contributed by atoms with E-state index in [4.69, 9.17) is 5.26 Å². The van der Waals surface area contributed by atoms with Crippen molar-refractivity contribution >= 4 is 10.6 Å². The summed E-state index contributed by atoms with van der Waals surface area (Å²) < 4.78 is 3.50. The van der Waals surface area contributed by atoms with E-state index in [0.29, 0.717) is 5.56 Å². The number of nitrogens with zero attached hydrogens (tertiary/aromatic N) is 3. The van der Waals surface area contributed by atoms with Crippen LogP contribution in [0.3, 0.4) is 0 Å². The molecular formula is C7H5N3W. The standard InChI is InChI=1S/C7H5N3.W/c1-3-10-6(2)7(4-8)5-9-10;/h2-3,5H,1H2;. The molecule has 1 rings (SSSR count). The summed E-state index contributed by atoms with van der Waals surface area (Å²) >= 11 is 1.29. The molecule has 1 heterocycles. The van der Waals surface area contributed by atoms with Crippen LogP contribution >= 0.6 is 0 Å². The van der Waals surface area contributed by atoms with Gasteiger partial charge in [0, 0.05) is 0 Å². The molecule has 11 heavy (non-hydrogen) atoms. The monoisotopic (exact) mass is 315 g/mol. The molecule has 54 valence electrons. The van der Waals surface area contributed by atoms with E-state index in [0.717, 1.165) is 5.69 Å². The fourth-order valence-electron chi connectivity index (χ4n) is 0.721. The second kappa shape index (κ2) is 3.41. The molecule has 0 amide bonds. The Morgan fingerprint density at radius 2 is 2.55 bits per heavy atom. The van der Waals surface area contributed by atoms with Crippen molar-refractivity contribution in [1.29, 1.82) is 5.26 Å². The van der Waals surface area contributed by atoms with Gasteiger partial charge in [0.1, 0.15) is 0 Å². The Morgan fingerprint density at radius 1 is 1.82 bits per heavy atom. The molecule has 0 atom stereocenters. The van der Waals surface area contributed by atoms with Gasteiger partial charge in [0.2, 0.25) is 0 Å². The van der Waals surface area contributed by atoms with Gasteiger partial charge in [0.15, 0.2) is 0 Å². The maximum absolute atomic E-state index is 8.61. The summed E-state index contributed by atoms with van der Waals surface area (Å²) in [6.45, 7) is 3.57. The van der Waals surface area contributed by atoms with Gasteiger partial charge in [-0.1, -0.05) is 0 Å². The molecule has 0 saturated carbocycles. The Balaban J connectivity index is 3.33. The van der Waals surface area contributed by atoms with Gasteiger partial charge < -0.3 is 0 Å². The van der Waals surface area contributed by atoms with Gasteiger partial charge in [-0.25, -0.2) is 0 Å². The van der Waals surface area contributed by atoms with E-state index in [1.54, 1.807) is 10.9 Å². The van der Waals surface area contributed by atoms with Gasteiger partial charge >= 0.3 is 75.1 Å². The molecule has 0 aliphatic rings. The molecule has 4 heteroatoms. The van der Waals surface area contributed by atoms with E-state index in [1.165, 1.54) is 25.6 Å². The third-order valence-corrected chi connectivity index (χ3v) is 2.04. The molecule has 0 saturated heterocycles. The third kappa shape index (κ3) is 1.36. The van der Waals surface area contributed by atoms with Crippen molar-refractivity contribution in [1.82, 2.24) is 9.78 Å². The van der Waals surface area contributed by atoms with Gasteiger partial charge in [-0.2, -0.15) is 0 Å². The maximum atomic E-state index is 8.61. The van der Waals surface area contributed by atoms with Crippen molar-refractivity contribution < 1.29 is 19.4 Å². The van der Waals surface area contributed by atoms with Crippen LogP contribution in [0.1, 0.15) is 11.3 Å². The predicted molar refractivity (Wildman–Crippen MR) is 38.5 cm³/mol. The first-order chi connectivity index (χ1) is 5.33. The van der Waals surface area contributed by atoms with Crippen molar-refractivity contribution in [3.05, 3.63) is 24.0 Å². The van der Waals surface area contributed by atoms with E-state index < -0.39 is 0 Å². The molecule has 0 radical (unpaired) electrons. The first-order valence-electron chi connectivity index (χ1n) is 2.88. The van der Waals surface area contributed by atoms with Gasteiger partial charge in [-0.15, -0.1) is 0 Å². The summed E-state index contributed by atoms with van der Waals surface area (Å²) in [4.78, 5) is 0. The van der Waals surface area contributed by atoms with E-state index in [1.807, 2.05) is 4.40 Å². The topological polar surface area (TPSA) is 41.6 Å². The second-order valence-electron chi connectivity index (χ2n) is 1.80. The van der Waals surface area contributed by atoms with Crippen molar-refractivity contribution in [3.8, 4) is 6.07 Å². The molecule has 0 aliphatic carbocycles. The molecular weight excluding hydrogens is 310 g/mol. The van der Waals surface area contributed by atoms with Gasteiger partial charge in [-0.05, 0) is 0 Å². The number of aromatic nitrogens is 2. The van der Waals surface area contributed by atoms with Crippen LogP contribution in [0, 0.1) is 11.3 Å². The first kappa shape index (κ1) is 8.10. The third-order valence-electron chi connectivity index (χ3n) is 1.24. The summed E-state index contributed by atoms with van der Waals surface area (Å²) in [6, 6.07) is 2.05. The molecule has 0 unspecified atom stereocenters. The van der Waals surface area contributed by atoms with Crippen LogP contribution in [-0.2, 0) is 19.4 Å². The number of hydrogen-bond acceptors (Lipinski definition) is 2. The van der Waals surface area contributed by atoms with Crippen LogP contribution in [0.25, 0.3) is 6.20 Å². The Morgan fingerprint density at radius 3 is 3.00 bits per heavy atom. The van der Waals surface area contributed by atoms with E-state index in [2.05, 4.69) is 17.7 Å². The zero-order valence-corrected chi connectivity index (χ0v) is 8.62. The summed E-state index contributed by atoms with van der Waals surface area (Å²) in [5.41, 5.74) is 1.43. The Labute approximate surface area is 75.4 Å². The van der Waals surface area contributed by atoms with Gasteiger partial charge in [-0.3, -0.25) is 0 Å². The summed E-state index contributed by atoms with van der Waals surface area (Å²) in [5.74, 6) is 0. The van der Waals surface area contributed by atoms with Crippen molar-refractivity contribution in [2.45, 2.75) is 0 Å². The number of nitriles is 1. The molecule has 0 spiro atoms. The van der Waals surface area contributed by atoms with Crippen LogP contribution < -0.4 is 0 Å². The van der Waals surface area contributed by atoms with Crippen molar-refractivity contribution in [2.75, 3.05) is 0 Å². The summed E-state index contributed by atoms with van der Waals surface area (Å²) in [7, 11) is 0. The van der Waals surface area contributed by atoms with Gasteiger partial charge in [0.05, 0.1) is 0 Å². The number of hydrogen-bond donors (Lipinski definition) is 0. The normalized spacial score (nSPS) is 8.64. The molecule has 0 aromatic carbocycles. The summed E-state index contributed by atoms with van der Waals surface area (Å²) in [6.07, 6.45) is 3.12. The molecule has 1 aromatic heterocycles. The Bertz CT molecular complexity index is 332. The predicted octanol–water partition coefficient (Wildman–Crippen LogP) is 0.552. The number of rotatable bonds is 2. The average molecular weight is 315 g/mol. The first-order valence-corrected chi connectivity index (χ1v) is 4.58. The molecule has 0 N–H and O–H groups in total. The Hall–Kier alpha value is -1.00. The zero-order valence-electron chi connectivity index (χ0n) is 5.69. The van der Waals surface area contributed by atoms with E-state index >= 15 is 0 Å². The fourth-order valence-corrected chi connectivity index (χ4v) is 1.56. The zero-order chi connectivity index (χ0) is 8.27. The molecule has 0 bridgehead atoms. The molecule has 0 fully saturated rings. The summed E-state index contributed by atoms with van der Waals surface area (Å²) in [5, 5.41) is 12.5. The van der Waals surface area contributed by atoms with Crippen LogP contribution in [-0.4, -0.2) is 14.2 Å². The SMILES string of the molecule is C=Cn1ncc(C#N)c1[CH]=[W]. The van der Waals surface area contributed by atoms with Crippen molar-refractivity contribution in [2.24, 2.45) is 0 Å². The molecule has 1 aromatic rings. The van der Waals surface area contributed by atoms with E-state index in [-0.39, 0.29) is 0 Å². The van der Waals surface area contributed by atoms with Crippen LogP contribution in [0.15, 0.2) is 12.8 Å². The minimum absolute atomic E-state index is 0.597. The van der Waals surface area contributed by atoms with Crippen LogP contribution in [0.4, 0.5) is 0 Å². The van der Waals surface area contributed by atoms with E-state index in [9.17, 15) is 0 Å². The van der Waals surface area contributed by atoms with Crippen LogP contribution in [0.2, 0.25) is 0 Å². The molecule has 0 aliphatic heterocycles.